The number of fused-ring (bicyclic) bond motifs is 3. The van der Waals surface area contributed by atoms with Gasteiger partial charge in [0.25, 0.3) is 17.7 Å². The van der Waals surface area contributed by atoms with Gasteiger partial charge in [0.1, 0.15) is 58.9 Å². The number of imide groups is 2. The van der Waals surface area contributed by atoms with E-state index in [1.165, 1.54) is 94.3 Å². The number of methoxy groups -OCH3 is 4. The summed E-state index contributed by atoms with van der Waals surface area (Å²) in [5.41, 5.74) is 3.78. The van der Waals surface area contributed by atoms with Gasteiger partial charge >= 0.3 is 12.2 Å². The molecule has 21 rings (SSSR count). The Balaban J connectivity index is 0.000000132. The number of benzene rings is 5. The quantitative estimate of drug-likeness (QED) is 0.0396. The summed E-state index contributed by atoms with van der Waals surface area (Å²) in [5.74, 6) is 0.340. The van der Waals surface area contributed by atoms with Crippen molar-refractivity contribution in [1.82, 2.24) is 79.4 Å². The van der Waals surface area contributed by atoms with E-state index >= 15 is 0 Å². The van der Waals surface area contributed by atoms with E-state index in [0.29, 0.717) is 94.0 Å². The number of amides is 5. The molecular formula is C105H110ClF3N24O17. The van der Waals surface area contributed by atoms with Crippen LogP contribution in [0.3, 0.4) is 0 Å². The van der Waals surface area contributed by atoms with Crippen LogP contribution in [0.2, 0.25) is 5.02 Å². The number of carbonyl (C=O) groups is 5. The molecule has 8 aromatic heterocycles. The van der Waals surface area contributed by atoms with Gasteiger partial charge in [-0.2, -0.15) is 41.3 Å². The van der Waals surface area contributed by atoms with E-state index < -0.39 is 89.3 Å². The lowest BCUT2D eigenvalue weighted by Gasteiger charge is -2.23. The number of nitriles is 3. The predicted octanol–water partition coefficient (Wildman–Crippen LogP) is 9.93. The summed E-state index contributed by atoms with van der Waals surface area (Å²) in [5, 5.41) is 115. The monoisotopic (exact) mass is 2070 g/mol. The maximum absolute atomic E-state index is 15.0. The Bertz CT molecular complexity index is 7200. The van der Waals surface area contributed by atoms with Crippen LogP contribution in [0.25, 0.3) is 45.1 Å². The van der Waals surface area contributed by atoms with Crippen molar-refractivity contribution in [2.24, 2.45) is 0 Å². The summed E-state index contributed by atoms with van der Waals surface area (Å²) in [6.45, 7) is 16.5. The average Bonchev–Trinajstić information content (AvgIpc) is 1.59. The molecule has 150 heavy (non-hydrogen) atoms. The molecule has 0 aliphatic carbocycles. The molecule has 41 nitrogen and oxygen atoms in total. The molecule has 8 aliphatic heterocycles. The highest BCUT2D eigenvalue weighted by Crippen LogP contribution is 2.40. The van der Waals surface area contributed by atoms with Crippen molar-refractivity contribution < 1.29 is 96.2 Å². The fourth-order valence-electron chi connectivity index (χ4n) is 18.1. The van der Waals surface area contributed by atoms with E-state index in [1.807, 2.05) is 114 Å². The van der Waals surface area contributed by atoms with Crippen LogP contribution in [0.1, 0.15) is 118 Å². The summed E-state index contributed by atoms with van der Waals surface area (Å²) in [6.07, 6.45) is 2.81. The van der Waals surface area contributed by atoms with E-state index in [1.54, 1.807) is 99.7 Å². The minimum atomic E-state index is -0.834. The first-order valence-corrected chi connectivity index (χ1v) is 48.2. The molecule has 8 N–H and O–H groups in total. The van der Waals surface area contributed by atoms with Gasteiger partial charge in [0.2, 0.25) is 0 Å². The molecule has 45 heteroatoms. The molecule has 10 atom stereocenters. The van der Waals surface area contributed by atoms with E-state index in [-0.39, 0.29) is 134 Å². The Hall–Kier alpha value is -15.9. The van der Waals surface area contributed by atoms with Crippen molar-refractivity contribution in [3.8, 4) is 63.4 Å². The molecule has 0 spiro atoms. The molecule has 780 valence electrons. The van der Waals surface area contributed by atoms with Gasteiger partial charge in [-0.25, -0.2) is 56.9 Å². The number of hydrogen-bond donors (Lipinski definition) is 8. The van der Waals surface area contributed by atoms with Crippen LogP contribution in [-0.4, -0.2) is 301 Å². The summed E-state index contributed by atoms with van der Waals surface area (Å²) in [7, 11) is 6.32. The molecule has 5 amide bonds. The standard InChI is InChI=1S/C27H27FN6O5.C22H19FN6O3.C19H15ClFN3O3.C15H19N3O2.C14H17N3O2.C8H13N3O2/c1-27(2,3)39-26(37)33-12-18-24(25(33)36)19(10-17(30-18)23-15(11-29)6-5-7-16(23)28)34-9-8-22(31-34)32-13-20(35)21(14-32)38-4;1-32-18-11-28(10-17(18)30)19-5-6-29(27-19)16-7-14(26-15-9-25-22(31)21(15)16)20-12(8-24)3-2-4-13(20)23;1-19(2,3)27-18(26)24-9-14-16(17(24)25)11(20)7-13(23-14)15-10(8-22)5-4-6-12(15)21;1-20-14-11-17(10-13(14)19)15-7-8-18(16-15)9-12-5-3-2-4-6-12;18-12-9-16(10-13(12)19)14-6-7-17(15-14)8-11-4-2-1-3-5-11;1-13-7-5-11(4-6(7)12)8-2-3-9-10-8/h5-10,20-21,35H,12-14H2,1-4H3;2-7,17-18,30H,9-11H2,1H3,(H,25,31);4-7H,9H2,1-3H3;2-8,13-14,19H,9-11H2,1H3;1-7,12-13,18-19H,8-10H2;2-3,6-7,12H,4-5H2,1H3,(H,9,10)/t20-,21+;17-,18+;;13-,14+;12-,13+;6-,7+/m11.0.0/s1. The number of nitrogens with zero attached hydrogens (tertiary/aromatic N) is 22. The SMILES string of the molecule is CC(C)(C)OC(=O)N1Cc2nc(-c3c(F)cccc3C#N)cc(Cl)c2C1=O.CO[C@@H]1CN(c2ccn(Cc3ccccc3)n2)C[C@@H]1O.CO[C@@H]1CN(c2ccn[nH]2)C[C@@H]1O.CO[C@H]1CN(c2ccn(-c3cc(-c4c(F)cccc4C#N)nc4c3C(=O)N(C(=O)OC(C)(C)C)C4)n2)C[C@H]1O.CO[C@H]1CN(c2ccn(-c3cc(-c4c(F)cccc4C#N)nc4c3C(=O)NC4)n2)C[C@H]1O.O[C@@H]1CN(c2ccn(Cc3ccccc3)n2)C[C@@H]1O. The average molecular weight is 2070 g/mol. The van der Waals surface area contributed by atoms with Crippen molar-refractivity contribution in [3.63, 3.8) is 0 Å². The third kappa shape index (κ3) is 24.2. The number of rotatable bonds is 18. The molecule has 5 saturated heterocycles. The molecule has 13 aromatic rings. The van der Waals surface area contributed by atoms with Gasteiger partial charge in [0.15, 0.2) is 23.3 Å². The molecule has 0 radical (unpaired) electrons. The van der Waals surface area contributed by atoms with Gasteiger partial charge in [-0.1, -0.05) is 90.5 Å². The second-order valence-corrected chi connectivity index (χ2v) is 38.6. The molecule has 5 fully saturated rings. The number of aromatic nitrogens is 13. The number of hydrogen-bond acceptors (Lipinski definition) is 33. The third-order valence-electron chi connectivity index (χ3n) is 25.6. The van der Waals surface area contributed by atoms with E-state index in [2.05, 4.69) is 80.0 Å². The minimum absolute atomic E-state index is 0.00660. The lowest BCUT2D eigenvalue weighted by Crippen LogP contribution is -2.37. The zero-order chi connectivity index (χ0) is 107. The van der Waals surface area contributed by atoms with E-state index in [0.717, 1.165) is 40.3 Å². The highest BCUT2D eigenvalue weighted by Gasteiger charge is 2.44. The maximum atomic E-state index is 15.0. The van der Waals surface area contributed by atoms with Gasteiger partial charge in [0, 0.05) is 149 Å². The number of nitrogens with one attached hydrogen (secondary N) is 2. The van der Waals surface area contributed by atoms with Crippen LogP contribution in [-0.2, 0) is 61.1 Å². The second kappa shape index (κ2) is 46.2. The van der Waals surface area contributed by atoms with Crippen molar-refractivity contribution in [3.05, 3.63) is 279 Å². The lowest BCUT2D eigenvalue weighted by molar-refractivity contribution is 0.0217. The van der Waals surface area contributed by atoms with Crippen LogP contribution >= 0.6 is 11.6 Å². The first-order chi connectivity index (χ1) is 71.9. The minimum Gasteiger partial charge on any atom is -0.443 e. The number of aromatic amines is 1. The predicted molar refractivity (Wildman–Crippen MR) is 540 cm³/mol. The topological polar surface area (TPSA) is 507 Å². The van der Waals surface area contributed by atoms with E-state index in [9.17, 15) is 83.6 Å². The smallest absolute Gasteiger partial charge is 0.417 e. The fourth-order valence-corrected chi connectivity index (χ4v) is 18.4. The number of anilines is 5. The third-order valence-corrected chi connectivity index (χ3v) is 25.9. The Kier molecular flexibility index (Phi) is 32.9. The van der Waals surface area contributed by atoms with Gasteiger partial charge in [-0.3, -0.25) is 28.8 Å². The van der Waals surface area contributed by atoms with Crippen molar-refractivity contribution in [2.75, 3.05) is 118 Å². The number of aliphatic hydroxyl groups excluding tert-OH is 6. The van der Waals surface area contributed by atoms with Crippen molar-refractivity contribution in [1.29, 1.82) is 15.8 Å². The molecule has 5 aromatic carbocycles. The van der Waals surface area contributed by atoms with Crippen LogP contribution in [0.4, 0.5) is 51.8 Å². The number of H-pyrrole nitrogens is 1. The van der Waals surface area contributed by atoms with Crippen molar-refractivity contribution in [2.45, 2.75) is 147 Å². The molecular weight excluding hydrogens is 1960 g/mol. The van der Waals surface area contributed by atoms with Crippen LogP contribution in [0, 0.1) is 51.4 Å². The maximum Gasteiger partial charge on any atom is 0.417 e. The lowest BCUT2D eigenvalue weighted by atomic mass is 10.0. The summed E-state index contributed by atoms with van der Waals surface area (Å²) >= 11 is 6.23. The number of pyridine rings is 3. The molecule has 16 heterocycles. The molecule has 0 unspecified atom stereocenters. The van der Waals surface area contributed by atoms with Crippen LogP contribution < -0.4 is 29.8 Å². The van der Waals surface area contributed by atoms with Gasteiger partial charge in [-0.15, -0.1) is 0 Å². The van der Waals surface area contributed by atoms with Gasteiger partial charge in [-0.05, 0) is 107 Å². The fraction of sp³-hybridized carbons (Fsp3) is 0.352. The number of carbonyl (C=O) groups excluding carboxylic acids is 5. The normalized spacial score (nSPS) is 19.8. The first kappa shape index (κ1) is 107. The van der Waals surface area contributed by atoms with Crippen molar-refractivity contribution >= 4 is 70.6 Å². The molecule has 0 bridgehead atoms. The Morgan fingerprint density at radius 2 is 0.773 bits per heavy atom. The Morgan fingerprint density at radius 3 is 1.16 bits per heavy atom. The van der Waals surface area contributed by atoms with Gasteiger partial charge in [0.05, 0.1) is 194 Å². The van der Waals surface area contributed by atoms with Crippen LogP contribution in [0.5, 0.6) is 0 Å². The number of β-amino-alcohol motifs (C(OH)–C–C–N with tert-alkyl or cyclic N) is 6. The summed E-state index contributed by atoms with van der Waals surface area (Å²) < 4.78 is 82.3. The zero-order valence-electron chi connectivity index (χ0n) is 83.4. The largest absolute Gasteiger partial charge is 0.443 e. The Labute approximate surface area is 864 Å². The van der Waals surface area contributed by atoms with Crippen LogP contribution in [0.15, 0.2) is 195 Å². The second-order valence-electron chi connectivity index (χ2n) is 38.2. The first-order valence-electron chi connectivity index (χ1n) is 47.8. The number of aliphatic hydroxyl groups is 6. The van der Waals surface area contributed by atoms with Gasteiger partial charge < -0.3 is 88.9 Å². The summed E-state index contributed by atoms with van der Waals surface area (Å²) in [4.78, 5) is 88.5. The zero-order valence-corrected chi connectivity index (χ0v) is 84.1. The highest BCUT2D eigenvalue weighted by molar-refractivity contribution is 6.35. The molecule has 0 saturated carbocycles. The number of halogens is 4. The summed E-state index contributed by atoms with van der Waals surface area (Å²) in [6, 6.07) is 52.3. The highest BCUT2D eigenvalue weighted by atomic mass is 35.5. The number of ether oxygens (including phenoxy) is 6. The Morgan fingerprint density at radius 1 is 0.420 bits per heavy atom. The molecule has 8 aliphatic rings. The van der Waals surface area contributed by atoms with E-state index in [4.69, 9.17) is 40.0 Å².